The average Bonchev–Trinajstić information content (AvgIpc) is 3.09. The molecule has 3 rings (SSSR count). The van der Waals surface area contributed by atoms with Gasteiger partial charge in [0, 0.05) is 11.3 Å². The van der Waals surface area contributed by atoms with Crippen molar-refractivity contribution in [1.82, 2.24) is 15.5 Å². The molecule has 1 aromatic heterocycles. The predicted octanol–water partition coefficient (Wildman–Crippen LogP) is 3.47. The first-order valence-electron chi connectivity index (χ1n) is 7.14. The molecule has 1 N–H and O–H groups in total. The van der Waals surface area contributed by atoms with Crippen molar-refractivity contribution in [2.45, 2.75) is 36.3 Å². The van der Waals surface area contributed by atoms with Crippen molar-refractivity contribution in [2.75, 3.05) is 13.1 Å². The fraction of sp³-hybridized carbons (Fsp3) is 0.467. The van der Waals surface area contributed by atoms with Gasteiger partial charge in [-0.2, -0.15) is 0 Å². The van der Waals surface area contributed by atoms with Gasteiger partial charge in [-0.05, 0) is 37.6 Å². The maximum Gasteiger partial charge on any atom is 0.131 e. The summed E-state index contributed by atoms with van der Waals surface area (Å²) in [5, 5.41) is 14.9. The molecule has 1 unspecified atom stereocenters. The first-order valence-corrected chi connectivity index (χ1v) is 8.84. The number of benzene rings is 1. The molecule has 106 valence electrons. The molecule has 0 saturated carbocycles. The van der Waals surface area contributed by atoms with Gasteiger partial charge in [0.1, 0.15) is 10.0 Å². The van der Waals surface area contributed by atoms with Crippen LogP contribution in [0, 0.1) is 0 Å². The molecule has 1 atom stereocenters. The molecule has 0 bridgehead atoms. The Bertz CT molecular complexity index is 543. The predicted molar refractivity (Wildman–Crippen MR) is 85.5 cm³/mol. The van der Waals surface area contributed by atoms with E-state index >= 15 is 0 Å². The largest absolute Gasteiger partial charge is 0.317 e. The van der Waals surface area contributed by atoms with Crippen LogP contribution in [-0.2, 0) is 12.8 Å². The van der Waals surface area contributed by atoms with Gasteiger partial charge in [0.25, 0.3) is 0 Å². The smallest absolute Gasteiger partial charge is 0.131 e. The number of hydrogen-bond acceptors (Lipinski definition) is 5. The first-order chi connectivity index (χ1) is 9.86. The summed E-state index contributed by atoms with van der Waals surface area (Å²) in [5.41, 5.74) is 1.45. The van der Waals surface area contributed by atoms with Gasteiger partial charge in [-0.15, -0.1) is 33.3 Å². The van der Waals surface area contributed by atoms with Gasteiger partial charge < -0.3 is 5.32 Å². The van der Waals surface area contributed by atoms with Crippen LogP contribution in [0.5, 0.6) is 0 Å². The quantitative estimate of drug-likeness (QED) is 0.829. The third kappa shape index (κ3) is 3.22. The lowest BCUT2D eigenvalue weighted by Gasteiger charge is -2.01. The molecule has 2 heterocycles. The van der Waals surface area contributed by atoms with Gasteiger partial charge in [0.15, 0.2) is 0 Å². The van der Waals surface area contributed by atoms with Crippen LogP contribution in [0.4, 0.5) is 0 Å². The molecular formula is C15H19N3S2. The number of aromatic nitrogens is 2. The number of aryl methyl sites for hydroxylation is 1. The summed E-state index contributed by atoms with van der Waals surface area (Å²) in [6.45, 7) is 4.24. The molecule has 3 nitrogen and oxygen atoms in total. The third-order valence-corrected chi connectivity index (χ3v) is 5.97. The second-order valence-corrected chi connectivity index (χ2v) is 7.25. The van der Waals surface area contributed by atoms with Crippen LogP contribution >= 0.6 is 23.1 Å². The van der Waals surface area contributed by atoms with E-state index in [0.717, 1.165) is 32.4 Å². The van der Waals surface area contributed by atoms with Crippen molar-refractivity contribution in [2.24, 2.45) is 0 Å². The third-order valence-electron chi connectivity index (χ3n) is 3.40. The zero-order chi connectivity index (χ0) is 13.8. The van der Waals surface area contributed by atoms with E-state index in [1.807, 2.05) is 11.8 Å². The van der Waals surface area contributed by atoms with Crippen LogP contribution in [-0.4, -0.2) is 23.3 Å². The average molecular weight is 305 g/mol. The first kappa shape index (κ1) is 14.0. The number of nitrogens with zero attached hydrogens (tertiary/aromatic N) is 2. The fourth-order valence-corrected chi connectivity index (χ4v) is 4.69. The van der Waals surface area contributed by atoms with Crippen molar-refractivity contribution in [3.05, 3.63) is 39.8 Å². The second-order valence-electron chi connectivity index (χ2n) is 4.91. The van der Waals surface area contributed by atoms with Crippen molar-refractivity contribution >= 4 is 23.1 Å². The van der Waals surface area contributed by atoms with E-state index in [2.05, 4.69) is 46.7 Å². The molecule has 0 saturated heterocycles. The van der Waals surface area contributed by atoms with Crippen LogP contribution in [0.3, 0.4) is 0 Å². The number of rotatable bonds is 6. The Morgan fingerprint density at radius 2 is 2.20 bits per heavy atom. The maximum absolute atomic E-state index is 4.41. The van der Waals surface area contributed by atoms with Crippen LogP contribution in [0.25, 0.3) is 0 Å². The van der Waals surface area contributed by atoms with Crippen molar-refractivity contribution in [3.8, 4) is 0 Å². The highest BCUT2D eigenvalue weighted by molar-refractivity contribution is 8.00. The molecule has 20 heavy (non-hydrogen) atoms. The molecule has 1 aromatic carbocycles. The minimum Gasteiger partial charge on any atom is -0.317 e. The summed E-state index contributed by atoms with van der Waals surface area (Å²) in [7, 11) is 0. The number of nitrogens with one attached hydrogen (secondary N) is 1. The molecule has 1 aliphatic heterocycles. The van der Waals surface area contributed by atoms with Crippen LogP contribution < -0.4 is 5.32 Å². The lowest BCUT2D eigenvalue weighted by atomic mass is 10.1. The Hall–Kier alpha value is -0.910. The summed E-state index contributed by atoms with van der Waals surface area (Å²) in [5.74, 6) is 0. The van der Waals surface area contributed by atoms with Crippen LogP contribution in [0.15, 0.2) is 29.2 Å². The van der Waals surface area contributed by atoms with E-state index in [9.17, 15) is 0 Å². The van der Waals surface area contributed by atoms with E-state index in [0.29, 0.717) is 5.25 Å². The van der Waals surface area contributed by atoms with Gasteiger partial charge in [-0.25, -0.2) is 0 Å². The summed E-state index contributed by atoms with van der Waals surface area (Å²) in [6, 6.07) is 8.66. The van der Waals surface area contributed by atoms with Crippen molar-refractivity contribution in [3.63, 3.8) is 0 Å². The number of fused-ring (bicyclic) bond motifs is 1. The van der Waals surface area contributed by atoms with Crippen molar-refractivity contribution < 1.29 is 0 Å². The summed E-state index contributed by atoms with van der Waals surface area (Å²) >= 11 is 3.72. The van der Waals surface area contributed by atoms with Gasteiger partial charge in [-0.1, -0.05) is 25.1 Å². The van der Waals surface area contributed by atoms with E-state index in [1.165, 1.54) is 20.5 Å². The molecule has 1 aliphatic rings. The minimum atomic E-state index is 0.465. The van der Waals surface area contributed by atoms with E-state index in [-0.39, 0.29) is 0 Å². The summed E-state index contributed by atoms with van der Waals surface area (Å²) in [6.07, 6.45) is 3.27. The van der Waals surface area contributed by atoms with E-state index in [1.54, 1.807) is 11.3 Å². The highest BCUT2D eigenvalue weighted by Crippen LogP contribution is 2.46. The fourth-order valence-electron chi connectivity index (χ4n) is 2.36. The molecule has 0 radical (unpaired) electrons. The highest BCUT2D eigenvalue weighted by Gasteiger charge is 2.26. The molecule has 0 fully saturated rings. The van der Waals surface area contributed by atoms with Gasteiger partial charge in [0.2, 0.25) is 0 Å². The lowest BCUT2D eigenvalue weighted by molar-refractivity contribution is 0.668. The van der Waals surface area contributed by atoms with E-state index < -0.39 is 0 Å². The molecular weight excluding hydrogens is 286 g/mol. The highest BCUT2D eigenvalue weighted by atomic mass is 32.2. The monoisotopic (exact) mass is 305 g/mol. The van der Waals surface area contributed by atoms with Crippen LogP contribution in [0.1, 0.15) is 34.2 Å². The normalized spacial score (nSPS) is 17.4. The summed E-state index contributed by atoms with van der Waals surface area (Å²) in [4.78, 5) is 1.40. The maximum atomic E-state index is 4.41. The number of thioether (sulfide) groups is 1. The second kappa shape index (κ2) is 6.70. The molecule has 0 aliphatic carbocycles. The van der Waals surface area contributed by atoms with Crippen molar-refractivity contribution in [1.29, 1.82) is 0 Å². The molecule has 0 spiro atoms. The molecule has 2 aromatic rings. The standard InChI is InChI=1S/C15H19N3S2/c1-2-16-9-5-8-14-17-18-15(20-14)13-10-11-6-3-4-7-12(11)19-13/h3-4,6-7,13,16H,2,5,8-10H2,1H3. The Morgan fingerprint density at radius 1 is 1.30 bits per heavy atom. The van der Waals surface area contributed by atoms with Gasteiger partial charge in [0.05, 0.1) is 5.25 Å². The Morgan fingerprint density at radius 3 is 3.05 bits per heavy atom. The van der Waals surface area contributed by atoms with E-state index in [4.69, 9.17) is 0 Å². The van der Waals surface area contributed by atoms with Crippen LogP contribution in [0.2, 0.25) is 0 Å². The minimum absolute atomic E-state index is 0.465. The van der Waals surface area contributed by atoms with Gasteiger partial charge in [-0.3, -0.25) is 0 Å². The Kier molecular flexibility index (Phi) is 4.70. The summed E-state index contributed by atoms with van der Waals surface area (Å²) < 4.78 is 0. The molecule has 0 amide bonds. The topological polar surface area (TPSA) is 37.8 Å². The van der Waals surface area contributed by atoms with Gasteiger partial charge >= 0.3 is 0 Å². The zero-order valence-corrected chi connectivity index (χ0v) is 13.3. The molecule has 5 heteroatoms. The zero-order valence-electron chi connectivity index (χ0n) is 11.6. The Labute approximate surface area is 128 Å². The Balaban J connectivity index is 1.58. The lowest BCUT2D eigenvalue weighted by Crippen LogP contribution is -2.14. The number of hydrogen-bond donors (Lipinski definition) is 1. The SMILES string of the molecule is CCNCCCc1nnc(C2Cc3ccccc3S2)s1.